The van der Waals surface area contributed by atoms with Crippen molar-refractivity contribution >= 4 is 12.8 Å². The molecule has 0 fully saturated rings. The minimum Gasteiger partial charge on any atom is -0.250 e. The molecule has 0 saturated heterocycles. The Morgan fingerprint density at radius 2 is 1.60 bits per heavy atom. The van der Waals surface area contributed by atoms with Gasteiger partial charge in [-0.1, -0.05) is 51.0 Å². The Kier molecular flexibility index (Phi) is 4.68. The van der Waals surface area contributed by atoms with E-state index in [1.54, 1.807) is 0 Å². The maximum Gasteiger partial charge on any atom is 0.0305 e. The van der Waals surface area contributed by atoms with Crippen molar-refractivity contribution in [2.24, 2.45) is 5.41 Å². The molecule has 0 aliphatic rings. The smallest absolute Gasteiger partial charge is 0.0305 e. The molecule has 0 rings (SSSR count). The van der Waals surface area contributed by atoms with Crippen LogP contribution in [0.25, 0.3) is 0 Å². The van der Waals surface area contributed by atoms with Gasteiger partial charge < -0.3 is 0 Å². The van der Waals surface area contributed by atoms with E-state index in [9.17, 15) is 0 Å². The normalized spacial score (nSPS) is 13.1. The Bertz CT molecular complexity index is 262. The van der Waals surface area contributed by atoms with Crippen LogP contribution in [0.1, 0.15) is 41.0 Å². The molecule has 0 heterocycles. The zero-order valence-corrected chi connectivity index (χ0v) is 11.9. The van der Waals surface area contributed by atoms with Crippen LogP contribution < -0.4 is 0 Å². The molecule has 15 heavy (non-hydrogen) atoms. The molecule has 0 unspecified atom stereocenters. The molecular weight excluding hydrogens is 202 g/mol. The van der Waals surface area contributed by atoms with Crippen LogP contribution in [0.2, 0.25) is 0 Å². The van der Waals surface area contributed by atoms with E-state index in [0.29, 0.717) is 0 Å². The average Bonchev–Trinajstić information content (AvgIpc) is 2.02. The van der Waals surface area contributed by atoms with Crippen molar-refractivity contribution in [3.63, 3.8) is 0 Å². The highest BCUT2D eigenvalue weighted by molar-refractivity contribution is 7.77. The van der Waals surface area contributed by atoms with Crippen molar-refractivity contribution in [1.82, 2.24) is 4.31 Å². The van der Waals surface area contributed by atoms with E-state index in [1.165, 1.54) is 0 Å². The fraction of sp³-hybridized carbons (Fsp3) is 0.692. The lowest BCUT2D eigenvalue weighted by Crippen LogP contribution is -2.48. The topological polar surface area (TPSA) is 3.24 Å². The molecule has 0 aliphatic carbocycles. The molecule has 0 amide bonds. The molecule has 1 nitrogen and oxygen atoms in total. The van der Waals surface area contributed by atoms with Gasteiger partial charge in [-0.15, -0.1) is 0 Å². The SMILES string of the molecule is C=C(C)C(=C)CC(C)(C)C(C)(C)N(C)S. The first-order valence-electron chi connectivity index (χ1n) is 5.29. The van der Waals surface area contributed by atoms with Gasteiger partial charge in [-0.3, -0.25) is 4.31 Å². The summed E-state index contributed by atoms with van der Waals surface area (Å²) in [6.45, 7) is 18.9. The summed E-state index contributed by atoms with van der Waals surface area (Å²) in [5, 5.41) is 0. The van der Waals surface area contributed by atoms with E-state index in [2.05, 4.69) is 53.7 Å². The highest BCUT2D eigenvalue weighted by Crippen LogP contribution is 2.41. The molecule has 0 bridgehead atoms. The molecule has 0 aromatic heterocycles. The van der Waals surface area contributed by atoms with Crippen molar-refractivity contribution in [1.29, 1.82) is 0 Å². The standard InChI is InChI=1S/C13H25NS/c1-10(2)11(3)9-12(4,5)13(6,7)14(8)15/h15H,1,3,9H2,2,4-8H3. The molecule has 0 atom stereocenters. The van der Waals surface area contributed by atoms with E-state index in [4.69, 9.17) is 0 Å². The number of thiol groups is 1. The van der Waals surface area contributed by atoms with E-state index < -0.39 is 0 Å². The van der Waals surface area contributed by atoms with E-state index >= 15 is 0 Å². The second kappa shape index (κ2) is 4.75. The van der Waals surface area contributed by atoms with Crippen LogP contribution in [0.3, 0.4) is 0 Å². The van der Waals surface area contributed by atoms with Crippen LogP contribution in [-0.2, 0) is 0 Å². The summed E-state index contributed by atoms with van der Waals surface area (Å²) in [6.07, 6.45) is 0.945. The number of rotatable bonds is 5. The number of hydrogen-bond donors (Lipinski definition) is 1. The summed E-state index contributed by atoms with van der Waals surface area (Å²) >= 11 is 4.43. The van der Waals surface area contributed by atoms with Crippen LogP contribution in [0.15, 0.2) is 24.3 Å². The van der Waals surface area contributed by atoms with Gasteiger partial charge in [-0.25, -0.2) is 0 Å². The van der Waals surface area contributed by atoms with Crippen molar-refractivity contribution < 1.29 is 0 Å². The van der Waals surface area contributed by atoms with E-state index in [0.717, 1.165) is 17.6 Å². The summed E-state index contributed by atoms with van der Waals surface area (Å²) in [5.41, 5.74) is 2.32. The minimum atomic E-state index is 0.00843. The molecule has 0 radical (unpaired) electrons. The minimum absolute atomic E-state index is 0.00843. The molecule has 0 saturated carbocycles. The maximum absolute atomic E-state index is 4.43. The van der Waals surface area contributed by atoms with Gasteiger partial charge in [0, 0.05) is 5.54 Å². The Morgan fingerprint density at radius 1 is 1.20 bits per heavy atom. The van der Waals surface area contributed by atoms with Crippen molar-refractivity contribution in [2.75, 3.05) is 7.05 Å². The van der Waals surface area contributed by atoms with Crippen molar-refractivity contribution in [3.05, 3.63) is 24.3 Å². The second-order valence-corrected chi connectivity index (χ2v) is 6.13. The van der Waals surface area contributed by atoms with E-state index in [1.807, 2.05) is 18.3 Å². The van der Waals surface area contributed by atoms with Crippen LogP contribution in [0.4, 0.5) is 0 Å². The van der Waals surface area contributed by atoms with Gasteiger partial charge in [0.05, 0.1) is 0 Å². The molecule has 0 aromatic carbocycles. The van der Waals surface area contributed by atoms with Crippen LogP contribution in [0.5, 0.6) is 0 Å². The Labute approximate surface area is 101 Å². The fourth-order valence-corrected chi connectivity index (χ4v) is 1.61. The Morgan fingerprint density at radius 3 is 1.87 bits per heavy atom. The summed E-state index contributed by atoms with van der Waals surface area (Å²) in [4.78, 5) is 0. The third kappa shape index (κ3) is 3.39. The number of nitrogens with zero attached hydrogens (tertiary/aromatic N) is 1. The van der Waals surface area contributed by atoms with Crippen LogP contribution in [0, 0.1) is 5.41 Å². The third-order valence-corrected chi connectivity index (χ3v) is 4.22. The van der Waals surface area contributed by atoms with Gasteiger partial charge in [0.2, 0.25) is 0 Å². The molecule has 2 heteroatoms. The van der Waals surface area contributed by atoms with E-state index in [-0.39, 0.29) is 11.0 Å². The highest BCUT2D eigenvalue weighted by Gasteiger charge is 2.39. The van der Waals surface area contributed by atoms with Crippen molar-refractivity contribution in [3.8, 4) is 0 Å². The third-order valence-electron chi connectivity index (χ3n) is 3.72. The summed E-state index contributed by atoms with van der Waals surface area (Å²) in [7, 11) is 1.99. The number of hydrogen-bond acceptors (Lipinski definition) is 2. The Balaban J connectivity index is 4.83. The first-order valence-corrected chi connectivity index (χ1v) is 5.69. The summed E-state index contributed by atoms with van der Waals surface area (Å²) in [6, 6.07) is 0. The molecular formula is C13H25NS. The second-order valence-electron chi connectivity index (χ2n) is 5.53. The van der Waals surface area contributed by atoms with Crippen LogP contribution >= 0.6 is 12.8 Å². The molecule has 0 aliphatic heterocycles. The van der Waals surface area contributed by atoms with Gasteiger partial charge >= 0.3 is 0 Å². The summed E-state index contributed by atoms with van der Waals surface area (Å²) in [5.74, 6) is 0. The molecule has 88 valence electrons. The first-order chi connectivity index (χ1) is 6.52. The quantitative estimate of drug-likeness (QED) is 0.547. The average molecular weight is 227 g/mol. The monoisotopic (exact) mass is 227 g/mol. The van der Waals surface area contributed by atoms with Crippen LogP contribution in [-0.4, -0.2) is 16.9 Å². The van der Waals surface area contributed by atoms with Crippen molar-refractivity contribution in [2.45, 2.75) is 46.6 Å². The fourth-order valence-electron chi connectivity index (χ4n) is 1.34. The number of allylic oxidation sites excluding steroid dienone is 2. The lowest BCUT2D eigenvalue weighted by atomic mass is 9.70. The zero-order chi connectivity index (χ0) is 12.4. The predicted molar refractivity (Wildman–Crippen MR) is 73.2 cm³/mol. The predicted octanol–water partition coefficient (Wildman–Crippen LogP) is 4.09. The van der Waals surface area contributed by atoms with Gasteiger partial charge in [0.25, 0.3) is 0 Å². The highest BCUT2D eigenvalue weighted by atomic mass is 32.1. The molecule has 0 N–H and O–H groups in total. The van der Waals surface area contributed by atoms with Gasteiger partial charge in [-0.05, 0) is 39.7 Å². The van der Waals surface area contributed by atoms with Gasteiger partial charge in [0.1, 0.15) is 0 Å². The summed E-state index contributed by atoms with van der Waals surface area (Å²) < 4.78 is 1.97. The van der Waals surface area contributed by atoms with Gasteiger partial charge in [-0.2, -0.15) is 0 Å². The lowest BCUT2D eigenvalue weighted by Gasteiger charge is -2.46. The lowest BCUT2D eigenvalue weighted by molar-refractivity contribution is 0.101. The molecule has 0 spiro atoms. The Hall–Kier alpha value is -0.210. The first kappa shape index (κ1) is 14.8. The molecule has 0 aromatic rings. The van der Waals surface area contributed by atoms with Gasteiger partial charge in [0.15, 0.2) is 0 Å². The largest absolute Gasteiger partial charge is 0.250 e. The zero-order valence-electron chi connectivity index (χ0n) is 11.0. The maximum atomic E-state index is 4.43.